The number of hydrogen-bond donors (Lipinski definition) is 1. The first-order valence-electron chi connectivity index (χ1n) is 6.86. The number of benzene rings is 1. The zero-order chi connectivity index (χ0) is 13.5. The summed E-state index contributed by atoms with van der Waals surface area (Å²) in [4.78, 5) is 12.3. The largest absolute Gasteiger partial charge is 0.349 e. The Balaban J connectivity index is 1.80. The maximum atomic E-state index is 13.2. The molecule has 1 aromatic rings. The molecule has 1 saturated carbocycles. The van der Waals surface area contributed by atoms with Crippen molar-refractivity contribution < 1.29 is 13.6 Å². The van der Waals surface area contributed by atoms with Crippen LogP contribution in [-0.4, -0.2) is 5.91 Å². The third-order valence-electron chi connectivity index (χ3n) is 4.55. The minimum Gasteiger partial charge on any atom is -0.349 e. The van der Waals surface area contributed by atoms with Crippen molar-refractivity contribution in [2.75, 3.05) is 0 Å². The molecule has 1 unspecified atom stereocenters. The van der Waals surface area contributed by atoms with Crippen LogP contribution in [-0.2, 0) is 4.79 Å². The Kier molecular flexibility index (Phi) is 3.03. The second-order valence-electron chi connectivity index (χ2n) is 5.75. The second-order valence-corrected chi connectivity index (χ2v) is 5.75. The topological polar surface area (TPSA) is 29.1 Å². The standard InChI is InChI=1S/C15H17F2NO/c16-11-7-10(8-12(17)9-11)13-3-6-15(14(19)18-13)4-1-2-5-15/h7-9,13H,1-6H2,(H,18,19). The van der Waals surface area contributed by atoms with Crippen molar-refractivity contribution in [2.45, 2.75) is 44.6 Å². The third kappa shape index (κ3) is 2.24. The van der Waals surface area contributed by atoms with Gasteiger partial charge in [-0.1, -0.05) is 12.8 Å². The van der Waals surface area contributed by atoms with E-state index in [1.54, 1.807) is 0 Å². The number of carbonyl (C=O) groups excluding carboxylic acids is 1. The summed E-state index contributed by atoms with van der Waals surface area (Å²) in [6.45, 7) is 0. The fraction of sp³-hybridized carbons (Fsp3) is 0.533. The highest BCUT2D eigenvalue weighted by Crippen LogP contribution is 2.46. The fourth-order valence-corrected chi connectivity index (χ4v) is 3.47. The van der Waals surface area contributed by atoms with E-state index in [0.717, 1.165) is 44.6 Å². The lowest BCUT2D eigenvalue weighted by Crippen LogP contribution is -2.45. The Hall–Kier alpha value is -1.45. The van der Waals surface area contributed by atoms with Crippen LogP contribution in [0.3, 0.4) is 0 Å². The molecule has 0 aromatic heterocycles. The number of carbonyl (C=O) groups is 1. The molecule has 1 N–H and O–H groups in total. The van der Waals surface area contributed by atoms with Crippen LogP contribution in [0, 0.1) is 17.0 Å². The summed E-state index contributed by atoms with van der Waals surface area (Å²) in [5, 5.41) is 2.95. The summed E-state index contributed by atoms with van der Waals surface area (Å²) >= 11 is 0. The zero-order valence-corrected chi connectivity index (χ0v) is 10.7. The molecule has 1 aliphatic heterocycles. The van der Waals surface area contributed by atoms with Gasteiger partial charge in [-0.2, -0.15) is 0 Å². The average Bonchev–Trinajstić information content (AvgIpc) is 2.81. The highest BCUT2D eigenvalue weighted by Gasteiger charge is 2.44. The van der Waals surface area contributed by atoms with E-state index < -0.39 is 11.6 Å². The molecule has 1 aliphatic carbocycles. The van der Waals surface area contributed by atoms with Crippen molar-refractivity contribution in [3.63, 3.8) is 0 Å². The number of hydrogen-bond acceptors (Lipinski definition) is 1. The van der Waals surface area contributed by atoms with Gasteiger partial charge in [-0.25, -0.2) is 8.78 Å². The van der Waals surface area contributed by atoms with Gasteiger partial charge in [0.1, 0.15) is 11.6 Å². The van der Waals surface area contributed by atoms with Crippen molar-refractivity contribution in [1.82, 2.24) is 5.32 Å². The predicted molar refractivity (Wildman–Crippen MR) is 67.4 cm³/mol. The SMILES string of the molecule is O=C1NC(c2cc(F)cc(F)c2)CCC12CCCC2. The molecule has 102 valence electrons. The van der Waals surface area contributed by atoms with Crippen molar-refractivity contribution in [3.05, 3.63) is 35.4 Å². The smallest absolute Gasteiger partial charge is 0.226 e. The van der Waals surface area contributed by atoms with Crippen molar-refractivity contribution >= 4 is 5.91 Å². The molecule has 0 radical (unpaired) electrons. The maximum absolute atomic E-state index is 13.2. The summed E-state index contributed by atoms with van der Waals surface area (Å²) in [7, 11) is 0. The molecule has 2 aliphatic rings. The summed E-state index contributed by atoms with van der Waals surface area (Å²) < 4.78 is 26.4. The van der Waals surface area contributed by atoms with E-state index in [9.17, 15) is 13.6 Å². The quantitative estimate of drug-likeness (QED) is 0.827. The summed E-state index contributed by atoms with van der Waals surface area (Å²) in [5.74, 6) is -1.12. The summed E-state index contributed by atoms with van der Waals surface area (Å²) in [6.07, 6.45) is 5.68. The van der Waals surface area contributed by atoms with Crippen molar-refractivity contribution in [2.24, 2.45) is 5.41 Å². The first kappa shape index (κ1) is 12.6. The van der Waals surface area contributed by atoms with Crippen molar-refractivity contribution in [3.8, 4) is 0 Å². The maximum Gasteiger partial charge on any atom is 0.226 e. The molecule has 2 nitrogen and oxygen atoms in total. The number of halogens is 2. The lowest BCUT2D eigenvalue weighted by molar-refractivity contribution is -0.134. The van der Waals surface area contributed by atoms with Gasteiger partial charge < -0.3 is 5.32 Å². The number of nitrogens with one attached hydrogen (secondary N) is 1. The minimum atomic E-state index is -0.592. The van der Waals surface area contributed by atoms with Crippen molar-refractivity contribution in [1.29, 1.82) is 0 Å². The molecule has 1 aromatic carbocycles. The Labute approximate surface area is 111 Å². The van der Waals surface area contributed by atoms with Crippen LogP contribution in [0.5, 0.6) is 0 Å². The van der Waals surface area contributed by atoms with Gasteiger partial charge in [0.15, 0.2) is 0 Å². The highest BCUT2D eigenvalue weighted by molar-refractivity contribution is 5.84. The van der Waals surface area contributed by atoms with E-state index in [4.69, 9.17) is 0 Å². The van der Waals surface area contributed by atoms with Gasteiger partial charge in [-0.3, -0.25) is 4.79 Å². The Morgan fingerprint density at radius 1 is 1.05 bits per heavy atom. The molecule has 1 amide bonds. The molecule has 19 heavy (non-hydrogen) atoms. The molecular weight excluding hydrogens is 248 g/mol. The van der Waals surface area contributed by atoms with E-state index in [1.807, 2.05) is 0 Å². The van der Waals surface area contributed by atoms with Crippen LogP contribution in [0.2, 0.25) is 0 Å². The first-order valence-corrected chi connectivity index (χ1v) is 6.86. The van der Waals surface area contributed by atoms with Crippen LogP contribution < -0.4 is 5.32 Å². The predicted octanol–water partition coefficient (Wildman–Crippen LogP) is 3.48. The monoisotopic (exact) mass is 265 g/mol. The molecule has 1 spiro atoms. The Morgan fingerprint density at radius 3 is 2.26 bits per heavy atom. The van der Waals surface area contributed by atoms with Gasteiger partial charge in [0.25, 0.3) is 0 Å². The molecule has 4 heteroatoms. The lowest BCUT2D eigenvalue weighted by atomic mass is 9.75. The Morgan fingerprint density at radius 2 is 1.68 bits per heavy atom. The van der Waals surface area contributed by atoms with E-state index in [1.165, 1.54) is 12.1 Å². The van der Waals surface area contributed by atoms with Crippen LogP contribution in [0.25, 0.3) is 0 Å². The second kappa shape index (κ2) is 4.58. The highest BCUT2D eigenvalue weighted by atomic mass is 19.1. The molecule has 1 atom stereocenters. The average molecular weight is 265 g/mol. The first-order chi connectivity index (χ1) is 9.09. The minimum absolute atomic E-state index is 0.0610. The molecular formula is C15H17F2NO. The van der Waals surface area contributed by atoms with Crippen LogP contribution in [0.15, 0.2) is 18.2 Å². The lowest BCUT2D eigenvalue weighted by Gasteiger charge is -2.37. The zero-order valence-electron chi connectivity index (χ0n) is 10.7. The van der Waals surface area contributed by atoms with Gasteiger partial charge in [0.05, 0.1) is 6.04 Å². The molecule has 3 rings (SSSR count). The fourth-order valence-electron chi connectivity index (χ4n) is 3.47. The van der Waals surface area contributed by atoms with Crippen LogP contribution in [0.1, 0.15) is 50.1 Å². The van der Waals surface area contributed by atoms with Gasteiger partial charge in [-0.05, 0) is 43.4 Å². The normalized spacial score (nSPS) is 25.6. The molecule has 1 heterocycles. The third-order valence-corrected chi connectivity index (χ3v) is 4.55. The van der Waals surface area contributed by atoms with E-state index in [-0.39, 0.29) is 17.4 Å². The van der Waals surface area contributed by atoms with Crippen LogP contribution in [0.4, 0.5) is 8.78 Å². The van der Waals surface area contributed by atoms with Gasteiger partial charge in [0, 0.05) is 11.5 Å². The van der Waals surface area contributed by atoms with Crippen LogP contribution >= 0.6 is 0 Å². The molecule has 1 saturated heterocycles. The van der Waals surface area contributed by atoms with E-state index >= 15 is 0 Å². The molecule has 2 fully saturated rings. The van der Waals surface area contributed by atoms with Gasteiger partial charge in [0.2, 0.25) is 5.91 Å². The number of rotatable bonds is 1. The van der Waals surface area contributed by atoms with E-state index in [0.29, 0.717) is 5.56 Å². The van der Waals surface area contributed by atoms with Gasteiger partial charge >= 0.3 is 0 Å². The Bertz CT molecular complexity index is 489. The summed E-state index contributed by atoms with van der Waals surface area (Å²) in [6, 6.07) is 3.21. The molecule has 0 bridgehead atoms. The van der Waals surface area contributed by atoms with E-state index in [2.05, 4.69) is 5.32 Å². The number of amides is 1. The summed E-state index contributed by atoms with van der Waals surface area (Å²) in [5.41, 5.74) is 0.321. The number of piperidine rings is 1. The van der Waals surface area contributed by atoms with Gasteiger partial charge in [-0.15, -0.1) is 0 Å².